The first kappa shape index (κ1) is 17.5. The van der Waals surface area contributed by atoms with Gasteiger partial charge in [-0.05, 0) is 75.8 Å². The molecule has 3 fully saturated rings. The Morgan fingerprint density at radius 3 is 2.72 bits per heavy atom. The van der Waals surface area contributed by atoms with Gasteiger partial charge in [0.1, 0.15) is 0 Å². The van der Waals surface area contributed by atoms with E-state index in [1.54, 1.807) is 0 Å². The zero-order valence-corrected chi connectivity index (χ0v) is 15.6. The summed E-state index contributed by atoms with van der Waals surface area (Å²) in [5.74, 6) is 1.73. The summed E-state index contributed by atoms with van der Waals surface area (Å²) in [7, 11) is 0. The maximum absolute atomic E-state index is 5.90. The van der Waals surface area contributed by atoms with E-state index in [-0.39, 0.29) is 11.8 Å². The molecule has 3 nitrogen and oxygen atoms in total. The first-order valence-corrected chi connectivity index (χ1v) is 10.3. The van der Waals surface area contributed by atoms with Crippen LogP contribution in [0.5, 0.6) is 0 Å². The highest BCUT2D eigenvalue weighted by atomic mass is 16.7. The monoisotopic (exact) mass is 343 g/mol. The Balaban J connectivity index is 1.33. The van der Waals surface area contributed by atoms with Crippen molar-refractivity contribution < 1.29 is 9.47 Å². The second-order valence-electron chi connectivity index (χ2n) is 8.36. The molecular formula is C22H33NO2. The van der Waals surface area contributed by atoms with Crippen molar-refractivity contribution in [1.82, 2.24) is 5.32 Å². The van der Waals surface area contributed by atoms with E-state index >= 15 is 0 Å². The van der Waals surface area contributed by atoms with Crippen LogP contribution in [0.4, 0.5) is 0 Å². The van der Waals surface area contributed by atoms with E-state index in [9.17, 15) is 0 Å². The number of fused-ring (bicyclic) bond motifs is 2. The molecular weight excluding hydrogens is 310 g/mol. The Kier molecular flexibility index (Phi) is 5.44. The summed E-state index contributed by atoms with van der Waals surface area (Å²) in [4.78, 5) is 0. The summed E-state index contributed by atoms with van der Waals surface area (Å²) in [5.41, 5.74) is 3.06. The second kappa shape index (κ2) is 7.77. The Morgan fingerprint density at radius 1 is 1.16 bits per heavy atom. The van der Waals surface area contributed by atoms with Gasteiger partial charge in [-0.3, -0.25) is 0 Å². The van der Waals surface area contributed by atoms with Crippen LogP contribution in [0, 0.1) is 18.8 Å². The van der Waals surface area contributed by atoms with E-state index in [0.717, 1.165) is 44.4 Å². The van der Waals surface area contributed by atoms with Gasteiger partial charge in [-0.1, -0.05) is 36.2 Å². The van der Waals surface area contributed by atoms with Crippen LogP contribution in [0.15, 0.2) is 24.3 Å². The van der Waals surface area contributed by atoms with Crippen LogP contribution in [-0.2, 0) is 15.0 Å². The van der Waals surface area contributed by atoms with Gasteiger partial charge >= 0.3 is 0 Å². The number of ether oxygens (including phenoxy) is 2. The van der Waals surface area contributed by atoms with E-state index in [2.05, 4.69) is 36.5 Å². The molecule has 1 aromatic carbocycles. The molecule has 1 saturated heterocycles. The largest absolute Gasteiger partial charge is 0.353 e. The predicted molar refractivity (Wildman–Crippen MR) is 100 cm³/mol. The highest BCUT2D eigenvalue weighted by Gasteiger charge is 2.51. The van der Waals surface area contributed by atoms with Gasteiger partial charge in [-0.15, -0.1) is 0 Å². The summed E-state index contributed by atoms with van der Waals surface area (Å²) in [5, 5.41) is 3.98. The van der Waals surface area contributed by atoms with Gasteiger partial charge in [-0.25, -0.2) is 0 Å². The number of aryl methyl sites for hydroxylation is 1. The van der Waals surface area contributed by atoms with Gasteiger partial charge < -0.3 is 14.8 Å². The fourth-order valence-electron chi connectivity index (χ4n) is 5.29. The standard InChI is InChI=1S/C22H33NO2/c1-17-6-9-19(10-7-17)22(16-18-8-11-20(22)15-18)23-12-4-14-25-21-5-2-3-13-24-21/h6-7,9-10,18,20-21,23H,2-5,8,11-16H2,1H3. The van der Waals surface area contributed by atoms with Crippen LogP contribution in [0.3, 0.4) is 0 Å². The molecule has 0 aromatic heterocycles. The quantitative estimate of drug-likeness (QED) is 0.738. The van der Waals surface area contributed by atoms with Crippen molar-refractivity contribution in [2.75, 3.05) is 19.8 Å². The van der Waals surface area contributed by atoms with Crippen LogP contribution < -0.4 is 5.32 Å². The van der Waals surface area contributed by atoms with Crippen LogP contribution in [0.1, 0.15) is 62.5 Å². The second-order valence-corrected chi connectivity index (χ2v) is 8.36. The Bertz CT molecular complexity index is 552. The minimum absolute atomic E-state index is 0.0438. The lowest BCUT2D eigenvalue weighted by atomic mass is 9.75. The molecule has 0 amide bonds. The summed E-state index contributed by atoms with van der Waals surface area (Å²) in [6.45, 7) is 4.87. The predicted octanol–water partition coefficient (Wildman–Crippen LogP) is 4.53. The first-order chi connectivity index (χ1) is 12.3. The molecule has 2 aliphatic carbocycles. The van der Waals surface area contributed by atoms with Crippen molar-refractivity contribution in [3.8, 4) is 0 Å². The lowest BCUT2D eigenvalue weighted by Crippen LogP contribution is -2.47. The number of hydrogen-bond acceptors (Lipinski definition) is 3. The highest BCUT2D eigenvalue weighted by Crippen LogP contribution is 2.55. The molecule has 1 aliphatic heterocycles. The number of benzene rings is 1. The SMILES string of the molecule is Cc1ccc(C2(NCCCOC3CCCCO3)CC3CCC2C3)cc1. The molecule has 0 radical (unpaired) electrons. The van der Waals surface area contributed by atoms with Gasteiger partial charge in [0.2, 0.25) is 0 Å². The average Bonchev–Trinajstić information content (AvgIpc) is 3.25. The van der Waals surface area contributed by atoms with Gasteiger partial charge in [0.25, 0.3) is 0 Å². The molecule has 138 valence electrons. The molecule has 3 aliphatic rings. The smallest absolute Gasteiger partial charge is 0.157 e. The van der Waals surface area contributed by atoms with Gasteiger partial charge in [0, 0.05) is 12.1 Å². The lowest BCUT2D eigenvalue weighted by molar-refractivity contribution is -0.162. The van der Waals surface area contributed by atoms with Gasteiger partial charge in [-0.2, -0.15) is 0 Å². The molecule has 3 heteroatoms. The van der Waals surface area contributed by atoms with E-state index in [1.807, 2.05) is 0 Å². The minimum Gasteiger partial charge on any atom is -0.353 e. The molecule has 4 unspecified atom stereocenters. The van der Waals surface area contributed by atoms with Crippen LogP contribution in [0.25, 0.3) is 0 Å². The van der Waals surface area contributed by atoms with Crippen molar-refractivity contribution in [2.45, 2.75) is 70.1 Å². The maximum Gasteiger partial charge on any atom is 0.157 e. The summed E-state index contributed by atoms with van der Waals surface area (Å²) < 4.78 is 11.6. The molecule has 0 spiro atoms. The van der Waals surface area contributed by atoms with Crippen LogP contribution in [0.2, 0.25) is 0 Å². The van der Waals surface area contributed by atoms with E-state index in [1.165, 1.54) is 49.7 Å². The van der Waals surface area contributed by atoms with Crippen molar-refractivity contribution in [1.29, 1.82) is 0 Å². The summed E-state index contributed by atoms with van der Waals surface area (Å²) in [6, 6.07) is 9.26. The molecule has 1 N–H and O–H groups in total. The van der Waals surface area contributed by atoms with E-state index in [0.29, 0.717) is 0 Å². The third kappa shape index (κ3) is 3.79. The third-order valence-corrected chi connectivity index (χ3v) is 6.62. The number of nitrogens with one attached hydrogen (secondary N) is 1. The molecule has 1 heterocycles. The van der Waals surface area contributed by atoms with Gasteiger partial charge in [0.05, 0.1) is 6.61 Å². The zero-order chi connectivity index (χ0) is 17.1. The summed E-state index contributed by atoms with van der Waals surface area (Å²) in [6.07, 6.45) is 10.1. The van der Waals surface area contributed by atoms with Crippen LogP contribution >= 0.6 is 0 Å². The Morgan fingerprint density at radius 2 is 2.04 bits per heavy atom. The highest BCUT2D eigenvalue weighted by molar-refractivity contribution is 5.31. The molecule has 2 bridgehead atoms. The molecule has 4 atom stereocenters. The fraction of sp³-hybridized carbons (Fsp3) is 0.727. The minimum atomic E-state index is 0.0438. The first-order valence-electron chi connectivity index (χ1n) is 10.3. The van der Waals surface area contributed by atoms with Crippen molar-refractivity contribution in [3.63, 3.8) is 0 Å². The molecule has 1 aromatic rings. The third-order valence-electron chi connectivity index (χ3n) is 6.62. The topological polar surface area (TPSA) is 30.5 Å². The Labute approximate surface area is 152 Å². The van der Waals surface area contributed by atoms with Crippen molar-refractivity contribution >= 4 is 0 Å². The summed E-state index contributed by atoms with van der Waals surface area (Å²) >= 11 is 0. The number of hydrogen-bond donors (Lipinski definition) is 1. The number of rotatable bonds is 7. The van der Waals surface area contributed by atoms with E-state index in [4.69, 9.17) is 9.47 Å². The van der Waals surface area contributed by atoms with E-state index < -0.39 is 0 Å². The molecule has 25 heavy (non-hydrogen) atoms. The van der Waals surface area contributed by atoms with Crippen molar-refractivity contribution in [2.24, 2.45) is 11.8 Å². The lowest BCUT2D eigenvalue weighted by Gasteiger charge is -2.40. The molecule has 2 saturated carbocycles. The fourth-order valence-corrected chi connectivity index (χ4v) is 5.29. The average molecular weight is 344 g/mol. The Hall–Kier alpha value is -0.900. The van der Waals surface area contributed by atoms with Crippen LogP contribution in [-0.4, -0.2) is 26.0 Å². The van der Waals surface area contributed by atoms with Gasteiger partial charge in [0.15, 0.2) is 6.29 Å². The normalized spacial score (nSPS) is 34.5. The van der Waals surface area contributed by atoms with Crippen molar-refractivity contribution in [3.05, 3.63) is 35.4 Å². The maximum atomic E-state index is 5.90. The molecule has 4 rings (SSSR count). The zero-order valence-electron chi connectivity index (χ0n) is 15.6.